The van der Waals surface area contributed by atoms with Crippen molar-refractivity contribution >= 4 is 11.0 Å². The molecule has 21 heavy (non-hydrogen) atoms. The first-order valence-corrected chi connectivity index (χ1v) is 6.61. The zero-order valence-electron chi connectivity index (χ0n) is 10.9. The van der Waals surface area contributed by atoms with Crippen LogP contribution in [0, 0.1) is 0 Å². The van der Waals surface area contributed by atoms with Crippen molar-refractivity contribution in [1.82, 2.24) is 0 Å². The van der Waals surface area contributed by atoms with E-state index in [0.29, 0.717) is 18.1 Å². The molecule has 2 aromatic carbocycles. The summed E-state index contributed by atoms with van der Waals surface area (Å²) in [4.78, 5) is 0. The van der Waals surface area contributed by atoms with Crippen molar-refractivity contribution in [3.8, 4) is 34.3 Å². The van der Waals surface area contributed by atoms with Gasteiger partial charge in [-0.15, -0.1) is 0 Å². The number of phenolic OH excluding ortho intramolecular Hbond substituents is 1. The number of aromatic hydroxyl groups is 1. The van der Waals surface area contributed by atoms with E-state index >= 15 is 0 Å². The molecular weight excluding hydrogens is 272 g/mol. The maximum absolute atomic E-state index is 9.54. The molecule has 0 radical (unpaired) electrons. The molecular formula is C16H10O5. The molecule has 3 aromatic rings. The van der Waals surface area contributed by atoms with Crippen molar-refractivity contribution < 1.29 is 23.7 Å². The minimum Gasteiger partial charge on any atom is -0.508 e. The van der Waals surface area contributed by atoms with Gasteiger partial charge in [-0.05, 0) is 18.2 Å². The van der Waals surface area contributed by atoms with Crippen LogP contribution < -0.4 is 14.2 Å². The average Bonchev–Trinajstić information content (AvgIpc) is 3.07. The summed E-state index contributed by atoms with van der Waals surface area (Å²) < 4.78 is 22.5. The SMILES string of the molecule is Oc1ccc2c(c1)OCc1c-2oc2cc3c(cc12)OCO3. The second kappa shape index (κ2) is 3.63. The third-order valence-corrected chi connectivity index (χ3v) is 3.87. The molecule has 0 unspecified atom stereocenters. The lowest BCUT2D eigenvalue weighted by atomic mass is 10.0. The topological polar surface area (TPSA) is 61.1 Å². The van der Waals surface area contributed by atoms with Gasteiger partial charge in [-0.2, -0.15) is 0 Å². The third-order valence-electron chi connectivity index (χ3n) is 3.87. The Kier molecular flexibility index (Phi) is 1.89. The number of fused-ring (bicyclic) bond motifs is 6. The van der Waals surface area contributed by atoms with Crippen LogP contribution in [0.1, 0.15) is 5.56 Å². The van der Waals surface area contributed by atoms with E-state index in [9.17, 15) is 5.11 Å². The van der Waals surface area contributed by atoms with Crippen molar-refractivity contribution in [2.75, 3.05) is 6.79 Å². The summed E-state index contributed by atoms with van der Waals surface area (Å²) in [5.74, 6) is 2.99. The lowest BCUT2D eigenvalue weighted by molar-refractivity contribution is 0.174. The van der Waals surface area contributed by atoms with Crippen LogP contribution in [0.3, 0.4) is 0 Å². The Morgan fingerprint density at radius 2 is 1.76 bits per heavy atom. The van der Waals surface area contributed by atoms with Crippen LogP contribution in [-0.2, 0) is 6.61 Å². The predicted molar refractivity (Wildman–Crippen MR) is 73.8 cm³/mol. The van der Waals surface area contributed by atoms with Gasteiger partial charge >= 0.3 is 0 Å². The van der Waals surface area contributed by atoms with Crippen LogP contribution in [0.2, 0.25) is 0 Å². The summed E-state index contributed by atoms with van der Waals surface area (Å²) in [6.45, 7) is 0.640. The Morgan fingerprint density at radius 1 is 0.905 bits per heavy atom. The third kappa shape index (κ3) is 1.40. The molecule has 0 aliphatic carbocycles. The largest absolute Gasteiger partial charge is 0.508 e. The lowest BCUT2D eigenvalue weighted by Gasteiger charge is -2.16. The average molecular weight is 282 g/mol. The summed E-state index contributed by atoms with van der Waals surface area (Å²) in [6.07, 6.45) is 0. The number of hydrogen-bond acceptors (Lipinski definition) is 5. The molecule has 0 saturated heterocycles. The summed E-state index contributed by atoms with van der Waals surface area (Å²) >= 11 is 0. The Balaban J connectivity index is 1.80. The van der Waals surface area contributed by atoms with E-state index in [4.69, 9.17) is 18.6 Å². The summed E-state index contributed by atoms with van der Waals surface area (Å²) in [7, 11) is 0. The highest BCUT2D eigenvalue weighted by atomic mass is 16.7. The Morgan fingerprint density at radius 3 is 2.67 bits per heavy atom. The number of benzene rings is 2. The maximum Gasteiger partial charge on any atom is 0.231 e. The van der Waals surface area contributed by atoms with E-state index in [1.54, 1.807) is 18.2 Å². The summed E-state index contributed by atoms with van der Waals surface area (Å²) in [6, 6.07) is 8.78. The van der Waals surface area contributed by atoms with Crippen molar-refractivity contribution in [2.45, 2.75) is 6.61 Å². The first-order chi connectivity index (χ1) is 10.3. The zero-order valence-corrected chi connectivity index (χ0v) is 10.9. The van der Waals surface area contributed by atoms with Gasteiger partial charge in [0.05, 0.1) is 5.56 Å². The normalized spacial score (nSPS) is 14.7. The van der Waals surface area contributed by atoms with Crippen molar-refractivity contribution in [1.29, 1.82) is 0 Å². The molecule has 2 aliphatic rings. The Bertz CT molecular complexity index is 893. The molecule has 0 atom stereocenters. The van der Waals surface area contributed by atoms with Gasteiger partial charge in [0, 0.05) is 23.1 Å². The van der Waals surface area contributed by atoms with Gasteiger partial charge in [0.1, 0.15) is 29.4 Å². The molecule has 0 saturated carbocycles. The van der Waals surface area contributed by atoms with E-state index in [-0.39, 0.29) is 12.5 Å². The fourth-order valence-corrected chi connectivity index (χ4v) is 2.87. The molecule has 0 spiro atoms. The van der Waals surface area contributed by atoms with E-state index in [2.05, 4.69) is 0 Å². The highest BCUT2D eigenvalue weighted by molar-refractivity contribution is 5.92. The van der Waals surface area contributed by atoms with Crippen molar-refractivity contribution in [2.24, 2.45) is 0 Å². The van der Waals surface area contributed by atoms with Gasteiger partial charge in [0.15, 0.2) is 11.5 Å². The summed E-state index contributed by atoms with van der Waals surface area (Å²) in [5, 5.41) is 10.5. The second-order valence-corrected chi connectivity index (χ2v) is 5.08. The quantitative estimate of drug-likeness (QED) is 0.684. The Hall–Kier alpha value is -2.82. The molecule has 1 N–H and O–H groups in total. The van der Waals surface area contributed by atoms with Crippen LogP contribution in [0.25, 0.3) is 22.3 Å². The number of furan rings is 1. The molecule has 0 fully saturated rings. The highest BCUT2D eigenvalue weighted by Crippen LogP contribution is 2.46. The van der Waals surface area contributed by atoms with Crippen molar-refractivity contribution in [3.63, 3.8) is 0 Å². The minimum atomic E-state index is 0.175. The van der Waals surface area contributed by atoms with Gasteiger partial charge in [0.2, 0.25) is 6.79 Å². The van der Waals surface area contributed by atoms with Crippen molar-refractivity contribution in [3.05, 3.63) is 35.9 Å². The zero-order chi connectivity index (χ0) is 14.0. The van der Waals surface area contributed by atoms with E-state index in [1.807, 2.05) is 12.1 Å². The molecule has 3 heterocycles. The molecule has 5 heteroatoms. The molecule has 104 valence electrons. The predicted octanol–water partition coefficient (Wildman–Crippen LogP) is 3.43. The van der Waals surface area contributed by atoms with E-state index in [1.165, 1.54) is 0 Å². The van der Waals surface area contributed by atoms with Crippen LogP contribution >= 0.6 is 0 Å². The van der Waals surface area contributed by atoms with Crippen LogP contribution in [0.15, 0.2) is 34.7 Å². The smallest absolute Gasteiger partial charge is 0.231 e. The van der Waals surface area contributed by atoms with Gasteiger partial charge in [-0.25, -0.2) is 0 Å². The van der Waals surface area contributed by atoms with Crippen LogP contribution in [0.5, 0.6) is 23.0 Å². The van der Waals surface area contributed by atoms with Gasteiger partial charge in [-0.1, -0.05) is 0 Å². The first-order valence-electron chi connectivity index (χ1n) is 6.61. The van der Waals surface area contributed by atoms with Gasteiger partial charge in [-0.3, -0.25) is 0 Å². The second-order valence-electron chi connectivity index (χ2n) is 5.08. The molecule has 0 bridgehead atoms. The fraction of sp³-hybridized carbons (Fsp3) is 0.125. The van der Waals surface area contributed by atoms with Gasteiger partial charge in [0.25, 0.3) is 0 Å². The van der Waals surface area contributed by atoms with E-state index in [0.717, 1.165) is 33.6 Å². The lowest BCUT2D eigenvalue weighted by Crippen LogP contribution is -2.03. The Labute approximate surface area is 119 Å². The van der Waals surface area contributed by atoms with E-state index < -0.39 is 0 Å². The number of hydrogen-bond donors (Lipinski definition) is 1. The highest BCUT2D eigenvalue weighted by Gasteiger charge is 2.26. The number of phenols is 1. The van der Waals surface area contributed by atoms with Crippen LogP contribution in [0.4, 0.5) is 0 Å². The maximum atomic E-state index is 9.54. The van der Waals surface area contributed by atoms with Gasteiger partial charge < -0.3 is 23.7 Å². The molecule has 5 rings (SSSR count). The fourth-order valence-electron chi connectivity index (χ4n) is 2.87. The molecule has 1 aromatic heterocycles. The van der Waals surface area contributed by atoms with Crippen LogP contribution in [-0.4, -0.2) is 11.9 Å². The number of rotatable bonds is 0. The standard InChI is InChI=1S/C16H10O5/c17-8-1-2-9-12(3-8)18-6-11-10-4-14-15(20-7-19-14)5-13(10)21-16(9)11/h1-5,17H,6-7H2. The molecule has 5 nitrogen and oxygen atoms in total. The minimum absolute atomic E-state index is 0.175. The first kappa shape index (κ1) is 10.9. The monoisotopic (exact) mass is 282 g/mol. The summed E-state index contributed by atoms with van der Waals surface area (Å²) in [5.41, 5.74) is 2.57. The molecule has 2 aliphatic heterocycles. The molecule has 0 amide bonds. The number of ether oxygens (including phenoxy) is 3.